The fourth-order valence-corrected chi connectivity index (χ4v) is 2.41. The molecule has 0 spiro atoms. The first-order chi connectivity index (χ1) is 13.0. The van der Waals surface area contributed by atoms with Crippen LogP contribution in [0.25, 0.3) is 0 Å². The van der Waals surface area contributed by atoms with Crippen LogP contribution in [-0.2, 0) is 7.05 Å². The lowest BCUT2D eigenvalue weighted by Crippen LogP contribution is -2.22. The van der Waals surface area contributed by atoms with Crippen LogP contribution >= 0.6 is 0 Å². The number of hydrogen-bond acceptors (Lipinski definition) is 6. The van der Waals surface area contributed by atoms with E-state index >= 15 is 0 Å². The molecule has 0 bridgehead atoms. The van der Waals surface area contributed by atoms with Gasteiger partial charge in [0, 0.05) is 12.7 Å². The highest BCUT2D eigenvalue weighted by Crippen LogP contribution is 2.34. The molecule has 0 fully saturated rings. The largest absolute Gasteiger partial charge is 0.493 e. The Hall–Kier alpha value is -3.81. The molecule has 3 aromatic rings. The molecule has 1 heterocycles. The van der Waals surface area contributed by atoms with Gasteiger partial charge in [-0.1, -0.05) is 18.2 Å². The zero-order valence-electron chi connectivity index (χ0n) is 14.7. The summed E-state index contributed by atoms with van der Waals surface area (Å²) in [7, 11) is 3.02. The van der Waals surface area contributed by atoms with Crippen molar-refractivity contribution in [2.24, 2.45) is 7.05 Å². The first-order valence-electron chi connectivity index (χ1n) is 7.97. The number of carboxylic acid groups (broad SMARTS) is 1. The number of methoxy groups -OCH3 is 1. The van der Waals surface area contributed by atoms with Gasteiger partial charge in [-0.05, 0) is 30.3 Å². The van der Waals surface area contributed by atoms with E-state index in [2.05, 4.69) is 10.4 Å². The van der Waals surface area contributed by atoms with Gasteiger partial charge in [-0.25, -0.2) is 9.48 Å². The van der Waals surface area contributed by atoms with Crippen LogP contribution in [0, 0.1) is 0 Å². The van der Waals surface area contributed by atoms with E-state index < -0.39 is 11.5 Å². The maximum Gasteiger partial charge on any atom is 0.335 e. The Morgan fingerprint density at radius 2 is 1.85 bits per heavy atom. The van der Waals surface area contributed by atoms with Crippen LogP contribution in [0.2, 0.25) is 0 Å². The number of anilines is 2. The number of aromatic carboxylic acids is 1. The van der Waals surface area contributed by atoms with Crippen LogP contribution in [0.1, 0.15) is 10.4 Å². The summed E-state index contributed by atoms with van der Waals surface area (Å²) in [6, 6.07) is 13.1. The predicted molar refractivity (Wildman–Crippen MR) is 99.2 cm³/mol. The van der Waals surface area contributed by atoms with Crippen molar-refractivity contribution in [1.82, 2.24) is 9.78 Å². The predicted octanol–water partition coefficient (Wildman–Crippen LogP) is 3.02. The second kappa shape index (κ2) is 7.61. The quantitative estimate of drug-likeness (QED) is 0.690. The lowest BCUT2D eigenvalue weighted by Gasteiger charge is -2.14. The Morgan fingerprint density at radius 1 is 1.11 bits per heavy atom. The van der Waals surface area contributed by atoms with E-state index in [1.54, 1.807) is 36.4 Å². The highest BCUT2D eigenvalue weighted by atomic mass is 16.5. The molecule has 27 heavy (non-hydrogen) atoms. The van der Waals surface area contributed by atoms with Gasteiger partial charge in [-0.15, -0.1) is 0 Å². The molecule has 3 rings (SSSR count). The Kier molecular flexibility index (Phi) is 5.07. The zero-order valence-corrected chi connectivity index (χ0v) is 14.7. The molecule has 0 saturated heterocycles. The summed E-state index contributed by atoms with van der Waals surface area (Å²) < 4.78 is 12.2. The zero-order chi connectivity index (χ0) is 19.4. The number of nitrogens with one attached hydrogen (secondary N) is 1. The van der Waals surface area contributed by atoms with Gasteiger partial charge >= 0.3 is 5.97 Å². The molecule has 0 aliphatic rings. The molecule has 138 valence electrons. The molecule has 0 aliphatic heterocycles. The van der Waals surface area contributed by atoms with Gasteiger partial charge in [0.15, 0.2) is 22.9 Å². The van der Waals surface area contributed by atoms with Crippen molar-refractivity contribution in [1.29, 1.82) is 0 Å². The average molecular weight is 367 g/mol. The number of rotatable bonds is 6. The second-order valence-electron chi connectivity index (χ2n) is 5.58. The average Bonchev–Trinajstić information content (AvgIpc) is 2.68. The third-order valence-corrected chi connectivity index (χ3v) is 3.77. The molecule has 1 aromatic heterocycles. The standard InChI is InChI=1S/C19H17N3O5/c1-22-18(23)17(21-13-7-5-6-12(10-13)19(24)25)16(11-20-22)27-15-9-4-3-8-14(15)26-2/h3-11,21H,1-2H3,(H,24,25). The van der Waals surface area contributed by atoms with Crippen LogP contribution in [-0.4, -0.2) is 28.0 Å². The number of aromatic nitrogens is 2. The van der Waals surface area contributed by atoms with Gasteiger partial charge < -0.3 is 19.9 Å². The van der Waals surface area contributed by atoms with E-state index in [1.807, 2.05) is 0 Å². The molecule has 2 aromatic carbocycles. The summed E-state index contributed by atoms with van der Waals surface area (Å²) >= 11 is 0. The van der Waals surface area contributed by atoms with Crippen LogP contribution in [0.15, 0.2) is 59.5 Å². The highest BCUT2D eigenvalue weighted by Gasteiger charge is 2.15. The molecule has 0 unspecified atom stereocenters. The highest BCUT2D eigenvalue weighted by molar-refractivity contribution is 5.89. The van der Waals surface area contributed by atoms with Crippen LogP contribution in [0.5, 0.6) is 17.2 Å². The van der Waals surface area contributed by atoms with Crippen LogP contribution in [0.4, 0.5) is 11.4 Å². The molecule has 0 radical (unpaired) electrons. The minimum Gasteiger partial charge on any atom is -0.493 e. The molecular weight excluding hydrogens is 350 g/mol. The van der Waals surface area contributed by atoms with E-state index in [9.17, 15) is 9.59 Å². The third kappa shape index (κ3) is 3.90. The van der Waals surface area contributed by atoms with Crippen molar-refractivity contribution < 1.29 is 19.4 Å². The number of ether oxygens (including phenoxy) is 2. The van der Waals surface area contributed by atoms with E-state index in [-0.39, 0.29) is 17.0 Å². The van der Waals surface area contributed by atoms with Crippen molar-refractivity contribution in [3.63, 3.8) is 0 Å². The van der Waals surface area contributed by atoms with Crippen LogP contribution in [0.3, 0.4) is 0 Å². The lowest BCUT2D eigenvalue weighted by molar-refractivity contribution is 0.0697. The molecule has 8 nitrogen and oxygen atoms in total. The summed E-state index contributed by atoms with van der Waals surface area (Å²) in [5, 5.41) is 16.1. The monoisotopic (exact) mass is 367 g/mol. The first-order valence-corrected chi connectivity index (χ1v) is 7.97. The lowest BCUT2D eigenvalue weighted by atomic mass is 10.2. The second-order valence-corrected chi connectivity index (χ2v) is 5.58. The smallest absolute Gasteiger partial charge is 0.335 e. The third-order valence-electron chi connectivity index (χ3n) is 3.77. The van der Waals surface area contributed by atoms with Gasteiger partial charge in [0.05, 0.1) is 18.9 Å². The number of carboxylic acids is 1. The normalized spacial score (nSPS) is 10.3. The topological polar surface area (TPSA) is 103 Å². The minimum absolute atomic E-state index is 0.0954. The van der Waals surface area contributed by atoms with Gasteiger partial charge in [0.25, 0.3) is 5.56 Å². The van der Waals surface area contributed by atoms with E-state index in [0.717, 1.165) is 4.68 Å². The molecule has 0 atom stereocenters. The van der Waals surface area contributed by atoms with Crippen molar-refractivity contribution in [2.75, 3.05) is 12.4 Å². The fraction of sp³-hybridized carbons (Fsp3) is 0.105. The summed E-state index contributed by atoms with van der Waals surface area (Å²) in [5.41, 5.74) is 0.227. The number of benzene rings is 2. The number of nitrogens with zero attached hydrogens (tertiary/aromatic N) is 2. The molecule has 0 aliphatic carbocycles. The van der Waals surface area contributed by atoms with Gasteiger partial charge in [-0.2, -0.15) is 5.10 Å². The molecular formula is C19H17N3O5. The number of hydrogen-bond donors (Lipinski definition) is 2. The summed E-state index contributed by atoms with van der Waals surface area (Å²) in [5.74, 6) is 0.0319. The Labute approximate surface area is 154 Å². The number of aryl methyl sites for hydroxylation is 1. The van der Waals surface area contributed by atoms with Gasteiger partial charge in [0.2, 0.25) is 0 Å². The Balaban J connectivity index is 2.02. The van der Waals surface area contributed by atoms with E-state index in [0.29, 0.717) is 17.2 Å². The van der Waals surface area contributed by atoms with Crippen LogP contribution < -0.4 is 20.3 Å². The Bertz CT molecular complexity index is 1050. The molecule has 0 amide bonds. The van der Waals surface area contributed by atoms with Crippen molar-refractivity contribution in [2.45, 2.75) is 0 Å². The van der Waals surface area contributed by atoms with Gasteiger partial charge in [-0.3, -0.25) is 4.79 Å². The maximum absolute atomic E-state index is 12.6. The fourth-order valence-electron chi connectivity index (χ4n) is 2.41. The van der Waals surface area contributed by atoms with Crippen molar-refractivity contribution in [3.8, 4) is 17.2 Å². The Morgan fingerprint density at radius 3 is 2.56 bits per heavy atom. The van der Waals surface area contributed by atoms with E-state index in [1.165, 1.54) is 32.5 Å². The maximum atomic E-state index is 12.6. The van der Waals surface area contributed by atoms with Gasteiger partial charge in [0.1, 0.15) is 0 Å². The molecule has 8 heteroatoms. The van der Waals surface area contributed by atoms with E-state index in [4.69, 9.17) is 14.6 Å². The number of carbonyl (C=O) groups is 1. The minimum atomic E-state index is -1.06. The molecule has 0 saturated carbocycles. The molecule has 2 N–H and O–H groups in total. The van der Waals surface area contributed by atoms with Crippen molar-refractivity contribution >= 4 is 17.3 Å². The van der Waals surface area contributed by atoms with Crippen molar-refractivity contribution in [3.05, 3.63) is 70.6 Å². The first kappa shape index (κ1) is 18.0. The summed E-state index contributed by atoms with van der Waals surface area (Å²) in [6.45, 7) is 0. The number of para-hydroxylation sites is 2. The summed E-state index contributed by atoms with van der Waals surface area (Å²) in [4.78, 5) is 23.7. The SMILES string of the molecule is COc1ccccc1Oc1cnn(C)c(=O)c1Nc1cccc(C(=O)O)c1. The summed E-state index contributed by atoms with van der Waals surface area (Å²) in [6.07, 6.45) is 1.40.